The van der Waals surface area contributed by atoms with Gasteiger partial charge in [0, 0.05) is 45.0 Å². The van der Waals surface area contributed by atoms with Crippen molar-refractivity contribution in [1.82, 2.24) is 4.98 Å². The summed E-state index contributed by atoms with van der Waals surface area (Å²) in [5.74, 6) is -1.59. The van der Waals surface area contributed by atoms with E-state index in [1.54, 1.807) is 0 Å². The normalized spacial score (nSPS) is 24.3. The molecule has 2 rings (SSSR count). The molecule has 29 heavy (non-hydrogen) atoms. The number of carbonyl (C=O) groups is 3. The zero-order chi connectivity index (χ0) is 21.8. The first-order valence-corrected chi connectivity index (χ1v) is 11.4. The number of nitrogens with zero attached hydrogens (tertiary/aromatic N) is 1. The number of rotatable bonds is 6. The molecule has 160 valence electrons. The molecule has 1 aliphatic heterocycles. The van der Waals surface area contributed by atoms with Crippen LogP contribution in [-0.2, 0) is 38.4 Å². The Labute approximate surface area is 172 Å². The number of esters is 3. The molecular formula is C17H21NO9S2. The molecule has 2 heterocycles. The molecule has 0 aromatic carbocycles. The van der Waals surface area contributed by atoms with Gasteiger partial charge in [0.2, 0.25) is 0 Å². The van der Waals surface area contributed by atoms with E-state index in [-0.39, 0.29) is 16.4 Å². The van der Waals surface area contributed by atoms with Gasteiger partial charge in [0.1, 0.15) is 5.75 Å². The smallest absolute Gasteiger partial charge is 0.303 e. The summed E-state index contributed by atoms with van der Waals surface area (Å²) in [7, 11) is -3.51. The third-order valence-corrected chi connectivity index (χ3v) is 5.97. The molecule has 0 aliphatic carbocycles. The highest BCUT2D eigenvalue weighted by Crippen LogP contribution is 2.34. The van der Waals surface area contributed by atoms with Crippen molar-refractivity contribution in [1.29, 1.82) is 0 Å². The minimum atomic E-state index is -3.51. The number of hydrogen-bond acceptors (Lipinski definition) is 11. The zero-order valence-electron chi connectivity index (χ0n) is 16.2. The number of thioether (sulfide) groups is 1. The van der Waals surface area contributed by atoms with Crippen molar-refractivity contribution >= 4 is 39.5 Å². The second kappa shape index (κ2) is 9.44. The average molecular weight is 447 g/mol. The van der Waals surface area contributed by atoms with Gasteiger partial charge in [-0.3, -0.25) is 19.4 Å². The summed E-state index contributed by atoms with van der Waals surface area (Å²) in [4.78, 5) is 38.4. The van der Waals surface area contributed by atoms with Gasteiger partial charge < -0.3 is 18.9 Å². The van der Waals surface area contributed by atoms with Crippen LogP contribution in [0.3, 0.4) is 0 Å². The van der Waals surface area contributed by atoms with Gasteiger partial charge in [-0.15, -0.1) is 11.8 Å². The summed E-state index contributed by atoms with van der Waals surface area (Å²) in [6.07, 6.45) is 0.452. The average Bonchev–Trinajstić information content (AvgIpc) is 2.58. The summed E-state index contributed by atoms with van der Waals surface area (Å²) in [6.45, 7) is 3.56. The molecule has 0 unspecified atom stereocenters. The van der Waals surface area contributed by atoms with Crippen LogP contribution in [0.2, 0.25) is 0 Å². The Bertz CT molecular complexity index is 887. The lowest BCUT2D eigenvalue weighted by Crippen LogP contribution is -2.55. The van der Waals surface area contributed by atoms with E-state index in [1.165, 1.54) is 39.2 Å². The van der Waals surface area contributed by atoms with Crippen LogP contribution in [0.4, 0.5) is 0 Å². The first kappa shape index (κ1) is 22.9. The number of sulfone groups is 1. The van der Waals surface area contributed by atoms with Crippen LogP contribution in [0.15, 0.2) is 23.4 Å². The quantitative estimate of drug-likeness (QED) is 0.451. The van der Waals surface area contributed by atoms with Crippen molar-refractivity contribution in [2.45, 2.75) is 49.4 Å². The lowest BCUT2D eigenvalue weighted by atomic mass is 10.1. The summed E-state index contributed by atoms with van der Waals surface area (Å²) >= 11 is 1.16. The van der Waals surface area contributed by atoms with E-state index in [9.17, 15) is 22.8 Å². The standard InChI is InChI=1S/C17H21NO9S2/c1-9(19)24-14-8-28-17(16(26-11(3)21)15(14)25-10(2)20)27-12-5-13(7-18-6-12)29(4,22)23/h5-7,14-17H,8H2,1-4H3/t14-,15+,16-,17-/m1/s1. The van der Waals surface area contributed by atoms with Crippen LogP contribution in [0.25, 0.3) is 0 Å². The minimum absolute atomic E-state index is 0.0471. The Balaban J connectivity index is 2.33. The second-order valence-electron chi connectivity index (χ2n) is 6.24. The Morgan fingerprint density at radius 3 is 2.14 bits per heavy atom. The SMILES string of the molecule is CC(=O)O[C@@H]1[C@@H](OC(C)=O)[C@H](OC(C)=O)CS[C@H]1Oc1cncc(S(C)(=O)=O)c1. The van der Waals surface area contributed by atoms with Gasteiger partial charge >= 0.3 is 17.9 Å². The monoisotopic (exact) mass is 447 g/mol. The van der Waals surface area contributed by atoms with E-state index >= 15 is 0 Å². The van der Waals surface area contributed by atoms with Gasteiger partial charge in [-0.05, 0) is 0 Å². The largest absolute Gasteiger partial charge is 0.474 e. The third kappa shape index (κ3) is 6.60. The highest BCUT2D eigenvalue weighted by Gasteiger charge is 2.47. The second-order valence-corrected chi connectivity index (χ2v) is 9.39. The molecule has 4 atom stereocenters. The molecule has 0 bridgehead atoms. The fraction of sp³-hybridized carbons (Fsp3) is 0.529. The van der Waals surface area contributed by atoms with Gasteiger partial charge in [0.15, 0.2) is 33.6 Å². The van der Waals surface area contributed by atoms with Gasteiger partial charge in [-0.2, -0.15) is 0 Å². The first-order chi connectivity index (χ1) is 13.5. The zero-order valence-corrected chi connectivity index (χ0v) is 17.8. The van der Waals surface area contributed by atoms with Crippen molar-refractivity contribution < 1.29 is 41.7 Å². The lowest BCUT2D eigenvalue weighted by Gasteiger charge is -2.39. The lowest BCUT2D eigenvalue weighted by molar-refractivity contribution is -0.186. The van der Waals surface area contributed by atoms with Crippen molar-refractivity contribution in [3.63, 3.8) is 0 Å². The Hall–Kier alpha value is -2.34. The maximum absolute atomic E-state index is 11.7. The van der Waals surface area contributed by atoms with Crippen LogP contribution in [-0.4, -0.2) is 67.1 Å². The summed E-state index contributed by atoms with van der Waals surface area (Å²) in [5, 5.41) is 0. The van der Waals surface area contributed by atoms with Gasteiger partial charge in [0.05, 0.1) is 11.1 Å². The first-order valence-electron chi connectivity index (χ1n) is 8.42. The molecule has 0 saturated carbocycles. The molecule has 0 amide bonds. The maximum Gasteiger partial charge on any atom is 0.303 e. The molecule has 1 fully saturated rings. The van der Waals surface area contributed by atoms with Crippen LogP contribution in [0.5, 0.6) is 5.75 Å². The molecule has 0 spiro atoms. The summed E-state index contributed by atoms with van der Waals surface area (Å²) in [6, 6.07) is 1.28. The van der Waals surface area contributed by atoms with Crippen molar-refractivity contribution in [2.75, 3.05) is 12.0 Å². The van der Waals surface area contributed by atoms with Crippen LogP contribution >= 0.6 is 11.8 Å². The van der Waals surface area contributed by atoms with Crippen LogP contribution in [0.1, 0.15) is 20.8 Å². The van der Waals surface area contributed by atoms with E-state index in [0.717, 1.165) is 18.0 Å². The topological polar surface area (TPSA) is 135 Å². The van der Waals surface area contributed by atoms with Crippen molar-refractivity contribution in [3.8, 4) is 5.75 Å². The molecule has 1 aliphatic rings. The van der Waals surface area contributed by atoms with E-state index in [0.29, 0.717) is 0 Å². The van der Waals surface area contributed by atoms with Gasteiger partial charge in [-0.25, -0.2) is 8.42 Å². The van der Waals surface area contributed by atoms with E-state index in [1.807, 2.05) is 0 Å². The van der Waals surface area contributed by atoms with Crippen molar-refractivity contribution in [3.05, 3.63) is 18.5 Å². The number of hydrogen-bond donors (Lipinski definition) is 0. The predicted octanol–water partition coefficient (Wildman–Crippen LogP) is 0.732. The summed E-state index contributed by atoms with van der Waals surface area (Å²) < 4.78 is 45.0. The minimum Gasteiger partial charge on any atom is -0.474 e. The molecule has 0 radical (unpaired) electrons. The maximum atomic E-state index is 11.7. The van der Waals surface area contributed by atoms with E-state index in [2.05, 4.69) is 4.98 Å². The van der Waals surface area contributed by atoms with Gasteiger partial charge in [-0.1, -0.05) is 0 Å². The molecule has 1 aromatic rings. The van der Waals surface area contributed by atoms with E-state index < -0.39 is 51.5 Å². The fourth-order valence-electron chi connectivity index (χ4n) is 2.61. The Kier molecular flexibility index (Phi) is 7.47. The number of carbonyl (C=O) groups excluding carboxylic acids is 3. The van der Waals surface area contributed by atoms with Gasteiger partial charge in [0.25, 0.3) is 0 Å². The van der Waals surface area contributed by atoms with Crippen LogP contribution < -0.4 is 4.74 Å². The molecule has 10 nitrogen and oxygen atoms in total. The number of pyridine rings is 1. The number of aromatic nitrogens is 1. The van der Waals surface area contributed by atoms with Crippen LogP contribution in [0, 0.1) is 0 Å². The molecule has 12 heteroatoms. The van der Waals surface area contributed by atoms with E-state index in [4.69, 9.17) is 18.9 Å². The highest BCUT2D eigenvalue weighted by molar-refractivity contribution is 7.99. The highest BCUT2D eigenvalue weighted by atomic mass is 32.2. The molecular weight excluding hydrogens is 426 g/mol. The molecule has 1 saturated heterocycles. The third-order valence-electron chi connectivity index (χ3n) is 3.67. The summed E-state index contributed by atoms with van der Waals surface area (Å²) in [5.41, 5.74) is -0.869. The Morgan fingerprint density at radius 1 is 1.00 bits per heavy atom. The number of ether oxygens (including phenoxy) is 4. The molecule has 1 aromatic heterocycles. The molecule has 0 N–H and O–H groups in total. The Morgan fingerprint density at radius 2 is 1.59 bits per heavy atom. The van der Waals surface area contributed by atoms with Crippen molar-refractivity contribution in [2.24, 2.45) is 0 Å². The fourth-order valence-corrected chi connectivity index (χ4v) is 4.41. The predicted molar refractivity (Wildman–Crippen MR) is 101 cm³/mol.